The summed E-state index contributed by atoms with van der Waals surface area (Å²) in [7, 11) is 1.57. The molecule has 5 rings (SSSR count). The van der Waals surface area contributed by atoms with Gasteiger partial charge in [0.2, 0.25) is 5.91 Å². The van der Waals surface area contributed by atoms with E-state index in [2.05, 4.69) is 39.8 Å². The fourth-order valence-corrected chi connectivity index (χ4v) is 4.53. The van der Waals surface area contributed by atoms with Crippen LogP contribution < -0.4 is 10.1 Å². The van der Waals surface area contributed by atoms with Crippen molar-refractivity contribution >= 4 is 33.5 Å². The molecule has 1 aromatic heterocycles. The van der Waals surface area contributed by atoms with Gasteiger partial charge in [-0.2, -0.15) is 5.10 Å². The van der Waals surface area contributed by atoms with E-state index in [1.165, 1.54) is 0 Å². The second-order valence-corrected chi connectivity index (χ2v) is 8.30. The van der Waals surface area contributed by atoms with Gasteiger partial charge in [-0.3, -0.25) is 14.7 Å². The molecule has 7 nitrogen and oxygen atoms in total. The van der Waals surface area contributed by atoms with Gasteiger partial charge in [0.25, 0.3) is 5.91 Å². The Balaban J connectivity index is 1.40. The van der Waals surface area contributed by atoms with E-state index >= 15 is 0 Å². The number of carbonyl (C=O) groups excluding carboxylic acids is 2. The fraction of sp³-hybridized carbons (Fsp3) is 0.269. The average Bonchev–Trinajstić information content (AvgIpc) is 3.46. The summed E-state index contributed by atoms with van der Waals surface area (Å²) in [4.78, 5) is 26.6. The summed E-state index contributed by atoms with van der Waals surface area (Å²) >= 11 is 0. The van der Waals surface area contributed by atoms with Crippen LogP contribution in [-0.4, -0.2) is 53.7 Å². The van der Waals surface area contributed by atoms with E-state index in [0.717, 1.165) is 52.3 Å². The quantitative estimate of drug-likeness (QED) is 0.421. The summed E-state index contributed by atoms with van der Waals surface area (Å²) in [5.41, 5.74) is 2.96. The predicted molar refractivity (Wildman–Crippen MR) is 128 cm³/mol. The van der Waals surface area contributed by atoms with Crippen molar-refractivity contribution in [2.24, 2.45) is 0 Å². The number of amides is 2. The maximum atomic E-state index is 13.0. The third kappa shape index (κ3) is 4.02. The number of H-pyrrole nitrogens is 1. The molecule has 0 unspecified atom stereocenters. The normalized spacial score (nSPS) is 13.7. The molecule has 0 radical (unpaired) electrons. The second-order valence-electron chi connectivity index (χ2n) is 8.30. The molecule has 2 amide bonds. The molecule has 0 aliphatic carbocycles. The molecule has 0 spiro atoms. The maximum Gasteiger partial charge on any atom is 0.255 e. The van der Waals surface area contributed by atoms with Crippen LogP contribution in [0.4, 0.5) is 0 Å². The Morgan fingerprint density at radius 1 is 1.15 bits per heavy atom. The van der Waals surface area contributed by atoms with Crippen LogP contribution >= 0.6 is 0 Å². The zero-order valence-corrected chi connectivity index (χ0v) is 18.6. The monoisotopic (exact) mass is 442 g/mol. The van der Waals surface area contributed by atoms with E-state index in [1.807, 2.05) is 29.2 Å². The van der Waals surface area contributed by atoms with Gasteiger partial charge in [-0.15, -0.1) is 0 Å². The molecule has 33 heavy (non-hydrogen) atoms. The number of fused-ring (bicyclic) bond motifs is 2. The summed E-state index contributed by atoms with van der Waals surface area (Å²) in [6, 6.07) is 18.0. The van der Waals surface area contributed by atoms with Crippen LogP contribution in [0.1, 0.15) is 29.6 Å². The zero-order chi connectivity index (χ0) is 22.8. The van der Waals surface area contributed by atoms with Gasteiger partial charge < -0.3 is 15.0 Å². The number of nitrogens with zero attached hydrogens (tertiary/aromatic N) is 2. The molecular weight excluding hydrogens is 416 g/mol. The Labute approximate surface area is 191 Å². The summed E-state index contributed by atoms with van der Waals surface area (Å²) in [6.45, 7) is 1.98. The second kappa shape index (κ2) is 8.94. The van der Waals surface area contributed by atoms with E-state index < -0.39 is 0 Å². The first-order chi connectivity index (χ1) is 16.2. The molecule has 1 aliphatic rings. The minimum Gasteiger partial charge on any atom is -0.495 e. The van der Waals surface area contributed by atoms with Crippen LogP contribution in [0.2, 0.25) is 0 Å². The molecule has 0 bridgehead atoms. The average molecular weight is 443 g/mol. The van der Waals surface area contributed by atoms with E-state index in [-0.39, 0.29) is 11.8 Å². The highest BCUT2D eigenvalue weighted by Gasteiger charge is 2.21. The highest BCUT2D eigenvalue weighted by atomic mass is 16.5. The van der Waals surface area contributed by atoms with Gasteiger partial charge in [-0.1, -0.05) is 36.4 Å². The SMILES string of the molecule is COc1c(C(=O)NCCCN2CCCC2=O)ccc2[nH]nc(-c3ccc4ccccc4c3)c12. The first-order valence-electron chi connectivity index (χ1n) is 11.3. The van der Waals surface area contributed by atoms with Crippen molar-refractivity contribution in [1.82, 2.24) is 20.4 Å². The van der Waals surface area contributed by atoms with Crippen molar-refractivity contribution in [3.63, 3.8) is 0 Å². The Hall–Kier alpha value is -3.87. The topological polar surface area (TPSA) is 87.3 Å². The minimum atomic E-state index is -0.202. The Bertz CT molecular complexity index is 1340. The zero-order valence-electron chi connectivity index (χ0n) is 18.6. The molecule has 0 saturated carbocycles. The number of nitrogens with one attached hydrogen (secondary N) is 2. The molecular formula is C26H26N4O3. The van der Waals surface area contributed by atoms with Crippen molar-refractivity contribution < 1.29 is 14.3 Å². The van der Waals surface area contributed by atoms with Gasteiger partial charge in [0.15, 0.2) is 0 Å². The number of rotatable bonds is 7. The lowest BCUT2D eigenvalue weighted by Crippen LogP contribution is -2.30. The van der Waals surface area contributed by atoms with Gasteiger partial charge in [0.05, 0.1) is 23.6 Å². The van der Waals surface area contributed by atoms with Crippen LogP contribution in [0.3, 0.4) is 0 Å². The predicted octanol–water partition coefficient (Wildman–Crippen LogP) is 4.13. The number of ether oxygens (including phenoxy) is 1. The molecule has 2 heterocycles. The van der Waals surface area contributed by atoms with Gasteiger partial charge in [-0.05, 0) is 41.8 Å². The number of hydrogen-bond acceptors (Lipinski definition) is 4. The lowest BCUT2D eigenvalue weighted by atomic mass is 10.0. The van der Waals surface area contributed by atoms with Crippen molar-refractivity contribution in [2.45, 2.75) is 19.3 Å². The number of aromatic nitrogens is 2. The van der Waals surface area contributed by atoms with Crippen LogP contribution in [0.5, 0.6) is 5.75 Å². The summed E-state index contributed by atoms with van der Waals surface area (Å²) < 4.78 is 5.72. The standard InChI is InChI=1S/C26H26N4O3/c1-33-25-20(26(32)27-13-5-15-30-14-4-8-22(30)31)11-12-21-23(25)24(29-28-21)19-10-9-17-6-2-3-7-18(17)16-19/h2-3,6-7,9-12,16H,4-5,8,13-15H2,1H3,(H,27,32)(H,28,29). The highest BCUT2D eigenvalue weighted by molar-refractivity contribution is 6.07. The Morgan fingerprint density at radius 2 is 2.00 bits per heavy atom. The van der Waals surface area contributed by atoms with Crippen molar-refractivity contribution in [3.05, 3.63) is 60.2 Å². The van der Waals surface area contributed by atoms with Crippen LogP contribution in [-0.2, 0) is 4.79 Å². The highest BCUT2D eigenvalue weighted by Crippen LogP contribution is 2.37. The maximum absolute atomic E-state index is 13.0. The van der Waals surface area contributed by atoms with Crippen LogP contribution in [0, 0.1) is 0 Å². The first kappa shape index (κ1) is 21.0. The van der Waals surface area contributed by atoms with E-state index in [1.54, 1.807) is 13.2 Å². The van der Waals surface area contributed by atoms with Gasteiger partial charge in [0.1, 0.15) is 11.4 Å². The van der Waals surface area contributed by atoms with E-state index in [9.17, 15) is 9.59 Å². The Kier molecular flexibility index (Phi) is 5.69. The molecule has 2 N–H and O–H groups in total. The molecule has 168 valence electrons. The summed E-state index contributed by atoms with van der Waals surface area (Å²) in [5.74, 6) is 0.499. The number of aromatic amines is 1. The summed E-state index contributed by atoms with van der Waals surface area (Å²) in [6.07, 6.45) is 2.27. The molecule has 1 saturated heterocycles. The largest absolute Gasteiger partial charge is 0.495 e. The van der Waals surface area contributed by atoms with Crippen molar-refractivity contribution in [2.75, 3.05) is 26.7 Å². The van der Waals surface area contributed by atoms with Crippen molar-refractivity contribution in [3.8, 4) is 17.0 Å². The number of methoxy groups -OCH3 is 1. The van der Waals surface area contributed by atoms with Crippen LogP contribution in [0.25, 0.3) is 32.9 Å². The molecule has 3 aromatic carbocycles. The third-order valence-corrected chi connectivity index (χ3v) is 6.22. The third-order valence-electron chi connectivity index (χ3n) is 6.22. The minimum absolute atomic E-state index is 0.202. The lowest BCUT2D eigenvalue weighted by Gasteiger charge is -2.15. The summed E-state index contributed by atoms with van der Waals surface area (Å²) in [5, 5.41) is 13.6. The number of benzene rings is 3. The van der Waals surface area contributed by atoms with Gasteiger partial charge in [-0.25, -0.2) is 0 Å². The fourth-order valence-electron chi connectivity index (χ4n) is 4.53. The number of carbonyl (C=O) groups is 2. The molecule has 1 aliphatic heterocycles. The molecule has 0 atom stereocenters. The van der Waals surface area contributed by atoms with E-state index in [0.29, 0.717) is 30.8 Å². The van der Waals surface area contributed by atoms with Gasteiger partial charge >= 0.3 is 0 Å². The lowest BCUT2D eigenvalue weighted by molar-refractivity contribution is -0.127. The molecule has 4 aromatic rings. The van der Waals surface area contributed by atoms with E-state index in [4.69, 9.17) is 4.74 Å². The number of likely N-dealkylation sites (tertiary alicyclic amines) is 1. The van der Waals surface area contributed by atoms with Crippen molar-refractivity contribution in [1.29, 1.82) is 0 Å². The van der Waals surface area contributed by atoms with Crippen LogP contribution in [0.15, 0.2) is 54.6 Å². The van der Waals surface area contributed by atoms with Gasteiger partial charge in [0, 0.05) is 31.6 Å². The first-order valence-corrected chi connectivity index (χ1v) is 11.3. The Morgan fingerprint density at radius 3 is 2.79 bits per heavy atom. The smallest absolute Gasteiger partial charge is 0.255 e. The molecule has 7 heteroatoms. The number of hydrogen-bond donors (Lipinski definition) is 2. The molecule has 1 fully saturated rings.